The highest BCUT2D eigenvalue weighted by Crippen LogP contribution is 2.36. The summed E-state index contributed by atoms with van der Waals surface area (Å²) in [5, 5.41) is 0. The monoisotopic (exact) mass is 296 g/mol. The van der Waals surface area contributed by atoms with Gasteiger partial charge in [-0.15, -0.1) is 0 Å². The van der Waals surface area contributed by atoms with Crippen LogP contribution in [0.4, 0.5) is 0 Å². The minimum Gasteiger partial charge on any atom is -0.497 e. The van der Waals surface area contributed by atoms with Gasteiger partial charge in [0.15, 0.2) is 17.3 Å². The predicted molar refractivity (Wildman–Crippen MR) is 83.8 cm³/mol. The number of carbonyl (C=O) groups excluding carboxylic acids is 1. The van der Waals surface area contributed by atoms with Crippen molar-refractivity contribution in [1.82, 2.24) is 0 Å². The van der Waals surface area contributed by atoms with Crippen LogP contribution in [-0.2, 0) is 0 Å². The number of hydrogen-bond acceptors (Lipinski definition) is 4. The van der Waals surface area contributed by atoms with Crippen molar-refractivity contribution >= 4 is 11.9 Å². The summed E-state index contributed by atoms with van der Waals surface area (Å²) in [4.78, 5) is 12.6. The van der Waals surface area contributed by atoms with E-state index in [9.17, 15) is 4.79 Å². The zero-order valence-corrected chi connectivity index (χ0v) is 12.5. The number of benzene rings is 2. The molecule has 2 aromatic rings. The standard InChI is InChI=1S/C18H16O4/c1-20-14-8-6-12(7-9-14)10-13-11-22-18-15(17(13)19)4-3-5-16(18)21-2/h3-10H,11H2,1-2H3/b13-10-. The smallest absolute Gasteiger partial charge is 0.196 e. The highest BCUT2D eigenvalue weighted by Gasteiger charge is 2.25. The van der Waals surface area contributed by atoms with Gasteiger partial charge in [-0.05, 0) is 35.9 Å². The molecule has 0 N–H and O–H groups in total. The van der Waals surface area contributed by atoms with Crippen LogP contribution in [0.1, 0.15) is 15.9 Å². The maximum Gasteiger partial charge on any atom is 0.196 e. The molecule has 22 heavy (non-hydrogen) atoms. The largest absolute Gasteiger partial charge is 0.497 e. The van der Waals surface area contributed by atoms with Crippen molar-refractivity contribution in [1.29, 1.82) is 0 Å². The van der Waals surface area contributed by atoms with Gasteiger partial charge in [0.05, 0.1) is 19.8 Å². The van der Waals surface area contributed by atoms with Gasteiger partial charge in [-0.1, -0.05) is 18.2 Å². The zero-order chi connectivity index (χ0) is 15.5. The number of fused-ring (bicyclic) bond motifs is 1. The molecule has 0 saturated heterocycles. The highest BCUT2D eigenvalue weighted by atomic mass is 16.5. The first kappa shape index (κ1) is 14.2. The van der Waals surface area contributed by atoms with Gasteiger partial charge >= 0.3 is 0 Å². The van der Waals surface area contributed by atoms with Crippen molar-refractivity contribution in [2.24, 2.45) is 0 Å². The third kappa shape index (κ3) is 2.55. The Kier molecular flexibility index (Phi) is 3.83. The second-order valence-corrected chi connectivity index (χ2v) is 4.90. The molecule has 3 rings (SSSR count). The number of hydrogen-bond donors (Lipinski definition) is 0. The summed E-state index contributed by atoms with van der Waals surface area (Å²) in [6.07, 6.45) is 1.84. The van der Waals surface area contributed by atoms with E-state index in [0.29, 0.717) is 22.6 Å². The number of ketones is 1. The summed E-state index contributed by atoms with van der Waals surface area (Å²) in [5.41, 5.74) is 2.08. The fourth-order valence-electron chi connectivity index (χ4n) is 2.40. The lowest BCUT2D eigenvalue weighted by atomic mass is 9.98. The van der Waals surface area contributed by atoms with E-state index >= 15 is 0 Å². The first-order valence-electron chi connectivity index (χ1n) is 6.92. The Labute approximate surface area is 128 Å². The molecule has 0 bridgehead atoms. The average molecular weight is 296 g/mol. The number of methoxy groups -OCH3 is 2. The van der Waals surface area contributed by atoms with Gasteiger partial charge in [-0.2, -0.15) is 0 Å². The van der Waals surface area contributed by atoms with E-state index in [4.69, 9.17) is 14.2 Å². The van der Waals surface area contributed by atoms with Crippen molar-refractivity contribution in [3.05, 3.63) is 59.2 Å². The van der Waals surface area contributed by atoms with Gasteiger partial charge in [0.2, 0.25) is 0 Å². The Morgan fingerprint density at radius 3 is 2.50 bits per heavy atom. The molecule has 112 valence electrons. The molecule has 1 aliphatic heterocycles. The Hall–Kier alpha value is -2.75. The van der Waals surface area contributed by atoms with Crippen LogP contribution >= 0.6 is 0 Å². The van der Waals surface area contributed by atoms with Crippen LogP contribution in [0.5, 0.6) is 17.2 Å². The molecule has 0 atom stereocenters. The van der Waals surface area contributed by atoms with E-state index in [2.05, 4.69) is 0 Å². The number of Topliss-reactive ketones (excluding diaryl/α,β-unsaturated/α-hetero) is 1. The molecule has 1 aliphatic rings. The summed E-state index contributed by atoms with van der Waals surface area (Å²) in [6, 6.07) is 12.8. The van der Waals surface area contributed by atoms with Crippen molar-refractivity contribution < 1.29 is 19.0 Å². The Balaban J connectivity index is 1.93. The van der Waals surface area contributed by atoms with Crippen LogP contribution in [0.3, 0.4) is 0 Å². The molecule has 0 aromatic heterocycles. The third-order valence-corrected chi connectivity index (χ3v) is 3.56. The summed E-state index contributed by atoms with van der Waals surface area (Å²) in [7, 11) is 3.18. The second kappa shape index (κ2) is 5.93. The Bertz CT molecular complexity index is 729. The van der Waals surface area contributed by atoms with Crippen LogP contribution in [0.25, 0.3) is 6.08 Å². The first-order chi connectivity index (χ1) is 10.7. The number of ether oxygens (including phenoxy) is 3. The van der Waals surface area contributed by atoms with E-state index in [1.54, 1.807) is 32.4 Å². The normalized spacial score (nSPS) is 15.2. The van der Waals surface area contributed by atoms with Crippen molar-refractivity contribution in [2.75, 3.05) is 20.8 Å². The zero-order valence-electron chi connectivity index (χ0n) is 12.5. The molecule has 4 nitrogen and oxygen atoms in total. The Morgan fingerprint density at radius 1 is 1.05 bits per heavy atom. The summed E-state index contributed by atoms with van der Waals surface area (Å²) < 4.78 is 16.1. The topological polar surface area (TPSA) is 44.8 Å². The molecule has 0 unspecified atom stereocenters. The molecule has 2 aromatic carbocycles. The Morgan fingerprint density at radius 2 is 1.82 bits per heavy atom. The van der Waals surface area contributed by atoms with Gasteiger partial charge in [0, 0.05) is 5.57 Å². The SMILES string of the molecule is COc1ccc(/C=C2/COc3c(OC)cccc3C2=O)cc1. The van der Waals surface area contributed by atoms with Crippen molar-refractivity contribution in [3.8, 4) is 17.2 Å². The fraction of sp³-hybridized carbons (Fsp3) is 0.167. The maximum atomic E-state index is 12.6. The quantitative estimate of drug-likeness (QED) is 0.815. The number of para-hydroxylation sites is 1. The molecular formula is C18H16O4. The van der Waals surface area contributed by atoms with Gasteiger partial charge in [-0.25, -0.2) is 0 Å². The van der Waals surface area contributed by atoms with Gasteiger partial charge < -0.3 is 14.2 Å². The predicted octanol–water partition coefficient (Wildman–Crippen LogP) is 3.36. The molecule has 0 aliphatic carbocycles. The van der Waals surface area contributed by atoms with Crippen LogP contribution in [-0.4, -0.2) is 26.6 Å². The maximum absolute atomic E-state index is 12.6. The van der Waals surface area contributed by atoms with E-state index in [1.807, 2.05) is 30.3 Å². The van der Waals surface area contributed by atoms with Gasteiger partial charge in [0.25, 0.3) is 0 Å². The van der Waals surface area contributed by atoms with Crippen molar-refractivity contribution in [2.45, 2.75) is 0 Å². The molecule has 0 fully saturated rings. The second-order valence-electron chi connectivity index (χ2n) is 4.90. The lowest BCUT2D eigenvalue weighted by molar-refractivity contribution is 0.0999. The lowest BCUT2D eigenvalue weighted by Crippen LogP contribution is -2.19. The minimum absolute atomic E-state index is 0.0315. The van der Waals surface area contributed by atoms with Crippen LogP contribution in [0.2, 0.25) is 0 Å². The third-order valence-electron chi connectivity index (χ3n) is 3.56. The highest BCUT2D eigenvalue weighted by molar-refractivity contribution is 6.14. The fourth-order valence-corrected chi connectivity index (χ4v) is 2.40. The summed E-state index contributed by atoms with van der Waals surface area (Å²) in [5.74, 6) is 1.84. The van der Waals surface area contributed by atoms with E-state index < -0.39 is 0 Å². The molecule has 0 radical (unpaired) electrons. The summed E-state index contributed by atoms with van der Waals surface area (Å²) in [6.45, 7) is 0.234. The van der Waals surface area contributed by atoms with Crippen LogP contribution < -0.4 is 14.2 Å². The minimum atomic E-state index is -0.0315. The molecule has 4 heteroatoms. The molecule has 1 heterocycles. The summed E-state index contributed by atoms with van der Waals surface area (Å²) >= 11 is 0. The van der Waals surface area contributed by atoms with E-state index in [-0.39, 0.29) is 12.4 Å². The van der Waals surface area contributed by atoms with E-state index in [1.165, 1.54) is 0 Å². The molecule has 0 spiro atoms. The van der Waals surface area contributed by atoms with Crippen molar-refractivity contribution in [3.63, 3.8) is 0 Å². The average Bonchev–Trinajstić information content (AvgIpc) is 2.57. The molecule has 0 amide bonds. The van der Waals surface area contributed by atoms with E-state index in [0.717, 1.165) is 11.3 Å². The molecular weight excluding hydrogens is 280 g/mol. The number of rotatable bonds is 3. The van der Waals surface area contributed by atoms with Crippen LogP contribution in [0, 0.1) is 0 Å². The van der Waals surface area contributed by atoms with Gasteiger partial charge in [0.1, 0.15) is 12.4 Å². The first-order valence-corrected chi connectivity index (χ1v) is 6.92. The van der Waals surface area contributed by atoms with Crippen LogP contribution in [0.15, 0.2) is 48.0 Å². The molecule has 0 saturated carbocycles. The lowest BCUT2D eigenvalue weighted by Gasteiger charge is -2.20. The van der Waals surface area contributed by atoms with Gasteiger partial charge in [-0.3, -0.25) is 4.79 Å². The number of carbonyl (C=O) groups is 1.